The van der Waals surface area contributed by atoms with Gasteiger partial charge in [-0.2, -0.15) is 10.2 Å². The van der Waals surface area contributed by atoms with Gasteiger partial charge in [-0.3, -0.25) is 0 Å². The first-order valence-electron chi connectivity index (χ1n) is 2.74. The zero-order valence-corrected chi connectivity index (χ0v) is 5.73. The van der Waals surface area contributed by atoms with Gasteiger partial charge >= 0.3 is 0 Å². The van der Waals surface area contributed by atoms with Crippen LogP contribution in [0.2, 0.25) is 0 Å². The van der Waals surface area contributed by atoms with Crippen molar-refractivity contribution in [2.75, 3.05) is 0 Å². The maximum absolute atomic E-state index is 4.92. The van der Waals surface area contributed by atoms with Gasteiger partial charge in [-0.25, -0.2) is 0 Å². The Morgan fingerprint density at radius 2 is 2.20 bits per heavy atom. The van der Waals surface area contributed by atoms with Crippen LogP contribution >= 0.6 is 0 Å². The standard InChI is InChI=1S/C4H10N6/c1-2-4(9-6)10-8-3-7-5/h3H,2,5-6H2,1H3/b7-3+,9-4+,10-8+. The number of amidine groups is 1. The van der Waals surface area contributed by atoms with Crippen LogP contribution in [0, 0.1) is 0 Å². The third-order valence-corrected chi connectivity index (χ3v) is 0.757. The quantitative estimate of drug-likeness (QED) is 0.187. The van der Waals surface area contributed by atoms with Crippen molar-refractivity contribution in [3.63, 3.8) is 0 Å². The Balaban J connectivity index is 3.85. The Morgan fingerprint density at radius 3 is 2.60 bits per heavy atom. The van der Waals surface area contributed by atoms with Crippen LogP contribution in [0.4, 0.5) is 0 Å². The third-order valence-electron chi connectivity index (χ3n) is 0.757. The summed E-state index contributed by atoms with van der Waals surface area (Å²) in [6.07, 6.45) is 1.75. The lowest BCUT2D eigenvalue weighted by atomic mass is 10.5. The number of nitrogens with two attached hydrogens (primary N) is 2. The largest absolute Gasteiger partial charge is 0.322 e. The number of rotatable bonds is 2. The first-order chi connectivity index (χ1) is 4.85. The van der Waals surface area contributed by atoms with Crippen molar-refractivity contribution in [1.82, 2.24) is 0 Å². The van der Waals surface area contributed by atoms with Crippen molar-refractivity contribution in [2.45, 2.75) is 13.3 Å². The first kappa shape index (κ1) is 8.54. The molecule has 0 unspecified atom stereocenters. The van der Waals surface area contributed by atoms with Crippen LogP contribution in [-0.4, -0.2) is 12.2 Å². The van der Waals surface area contributed by atoms with Gasteiger partial charge in [0.2, 0.25) is 0 Å². The molecule has 4 N–H and O–H groups in total. The van der Waals surface area contributed by atoms with Crippen molar-refractivity contribution in [3.05, 3.63) is 0 Å². The van der Waals surface area contributed by atoms with Gasteiger partial charge in [0.25, 0.3) is 0 Å². The summed E-state index contributed by atoms with van der Waals surface area (Å²) < 4.78 is 0. The van der Waals surface area contributed by atoms with E-state index in [0.29, 0.717) is 12.3 Å². The van der Waals surface area contributed by atoms with Crippen LogP contribution in [0.5, 0.6) is 0 Å². The fourth-order valence-corrected chi connectivity index (χ4v) is 0.310. The van der Waals surface area contributed by atoms with Gasteiger partial charge in [-0.15, -0.1) is 10.2 Å². The van der Waals surface area contributed by atoms with E-state index in [0.717, 1.165) is 6.34 Å². The summed E-state index contributed by atoms with van der Waals surface area (Å²) in [4.78, 5) is 0. The van der Waals surface area contributed by atoms with Crippen LogP contribution in [0.1, 0.15) is 13.3 Å². The molecule has 6 nitrogen and oxygen atoms in total. The van der Waals surface area contributed by atoms with Gasteiger partial charge in [0.1, 0.15) is 0 Å². The van der Waals surface area contributed by atoms with Crippen molar-refractivity contribution < 1.29 is 0 Å². The number of hydrogen-bond donors (Lipinski definition) is 2. The predicted molar refractivity (Wildman–Crippen MR) is 39.4 cm³/mol. The van der Waals surface area contributed by atoms with Gasteiger partial charge in [0.05, 0.1) is 0 Å². The van der Waals surface area contributed by atoms with Gasteiger partial charge < -0.3 is 11.7 Å². The molecule has 0 bridgehead atoms. The highest BCUT2D eigenvalue weighted by molar-refractivity contribution is 5.82. The summed E-state index contributed by atoms with van der Waals surface area (Å²) in [5.41, 5.74) is 0. The van der Waals surface area contributed by atoms with Crippen LogP contribution in [0.3, 0.4) is 0 Å². The molecule has 0 radical (unpaired) electrons. The molecule has 0 aliphatic heterocycles. The smallest absolute Gasteiger partial charge is 0.170 e. The van der Waals surface area contributed by atoms with Crippen LogP contribution in [0.25, 0.3) is 0 Å². The SMILES string of the molecule is CCC(/N=N/C=N/N)=N\N. The molecular formula is C4H10N6. The number of hydrogen-bond acceptors (Lipinski definition) is 4. The first-order valence-corrected chi connectivity index (χ1v) is 2.74. The van der Waals surface area contributed by atoms with E-state index in [9.17, 15) is 0 Å². The topological polar surface area (TPSA) is 101 Å². The zero-order valence-electron chi connectivity index (χ0n) is 5.73. The van der Waals surface area contributed by atoms with E-state index >= 15 is 0 Å². The van der Waals surface area contributed by atoms with Crippen molar-refractivity contribution in [2.24, 2.45) is 32.1 Å². The third kappa shape index (κ3) is 3.53. The van der Waals surface area contributed by atoms with Gasteiger partial charge in [-0.1, -0.05) is 6.92 Å². The second-order valence-electron chi connectivity index (χ2n) is 1.38. The molecule has 0 fully saturated rings. The molecule has 56 valence electrons. The molecule has 0 saturated heterocycles. The van der Waals surface area contributed by atoms with E-state index in [1.807, 2.05) is 6.92 Å². The Hall–Kier alpha value is -1.46. The average molecular weight is 142 g/mol. The molecule has 0 aromatic carbocycles. The van der Waals surface area contributed by atoms with Crippen molar-refractivity contribution in [1.29, 1.82) is 0 Å². The summed E-state index contributed by atoms with van der Waals surface area (Å²) in [6.45, 7) is 1.87. The van der Waals surface area contributed by atoms with E-state index in [-0.39, 0.29) is 0 Å². The van der Waals surface area contributed by atoms with Crippen molar-refractivity contribution >= 4 is 12.2 Å². The highest BCUT2D eigenvalue weighted by Crippen LogP contribution is 1.85. The molecule has 0 heterocycles. The van der Waals surface area contributed by atoms with Crippen LogP contribution in [0.15, 0.2) is 20.4 Å². The van der Waals surface area contributed by atoms with Gasteiger partial charge in [-0.05, 0) is 0 Å². The Bertz CT molecular complexity index is 157. The average Bonchev–Trinajstić information content (AvgIpc) is 1.99. The molecule has 0 spiro atoms. The van der Waals surface area contributed by atoms with E-state index in [1.54, 1.807) is 0 Å². The fourth-order valence-electron chi connectivity index (χ4n) is 0.310. The molecule has 0 aliphatic carbocycles. The Labute approximate surface area is 58.7 Å². The molecule has 0 saturated carbocycles. The normalized spacial score (nSPS) is 13.5. The molecule has 0 aliphatic rings. The molecule has 0 aromatic rings. The maximum atomic E-state index is 4.92. The molecule has 6 heteroatoms. The number of azo groups is 1. The molecule has 10 heavy (non-hydrogen) atoms. The second-order valence-corrected chi connectivity index (χ2v) is 1.38. The van der Waals surface area contributed by atoms with Crippen LogP contribution in [-0.2, 0) is 0 Å². The van der Waals surface area contributed by atoms with E-state index in [2.05, 4.69) is 20.4 Å². The molecule has 0 amide bonds. The zero-order chi connectivity index (χ0) is 7.82. The summed E-state index contributed by atoms with van der Waals surface area (Å²) in [5, 5.41) is 13.4. The minimum absolute atomic E-state index is 0.458. The molecule has 0 atom stereocenters. The Kier molecular flexibility index (Phi) is 4.84. The summed E-state index contributed by atoms with van der Waals surface area (Å²) in [7, 11) is 0. The van der Waals surface area contributed by atoms with Gasteiger partial charge in [0.15, 0.2) is 12.2 Å². The Morgan fingerprint density at radius 1 is 1.50 bits per heavy atom. The molecule has 0 rings (SSSR count). The predicted octanol–water partition coefficient (Wildman–Crippen LogP) is 0.0228. The minimum atomic E-state index is 0.458. The summed E-state index contributed by atoms with van der Waals surface area (Å²) in [6, 6.07) is 0. The lowest BCUT2D eigenvalue weighted by Crippen LogP contribution is -1.95. The van der Waals surface area contributed by atoms with Gasteiger partial charge in [0, 0.05) is 6.42 Å². The molecular weight excluding hydrogens is 132 g/mol. The lowest BCUT2D eigenvalue weighted by molar-refractivity contribution is 1.11. The summed E-state index contributed by atoms with van der Waals surface area (Å²) in [5.74, 6) is 10.1. The highest BCUT2D eigenvalue weighted by atomic mass is 15.3. The lowest BCUT2D eigenvalue weighted by Gasteiger charge is -1.86. The highest BCUT2D eigenvalue weighted by Gasteiger charge is 1.87. The number of nitrogens with zero attached hydrogens (tertiary/aromatic N) is 4. The van der Waals surface area contributed by atoms with Crippen LogP contribution < -0.4 is 11.7 Å². The fraction of sp³-hybridized carbons (Fsp3) is 0.500. The maximum Gasteiger partial charge on any atom is 0.170 e. The van der Waals surface area contributed by atoms with E-state index < -0.39 is 0 Å². The second kappa shape index (κ2) is 5.67. The molecule has 0 aromatic heterocycles. The minimum Gasteiger partial charge on any atom is -0.322 e. The van der Waals surface area contributed by atoms with E-state index in [4.69, 9.17) is 11.7 Å². The van der Waals surface area contributed by atoms with Crippen molar-refractivity contribution in [3.8, 4) is 0 Å². The van der Waals surface area contributed by atoms with E-state index in [1.165, 1.54) is 0 Å². The number of hydrazone groups is 2. The summed E-state index contributed by atoms with van der Waals surface area (Å²) >= 11 is 0. The monoisotopic (exact) mass is 142 g/mol.